The van der Waals surface area contributed by atoms with E-state index >= 15 is 0 Å². The highest BCUT2D eigenvalue weighted by molar-refractivity contribution is 5.81. The zero-order valence-corrected chi connectivity index (χ0v) is 15.4. The summed E-state index contributed by atoms with van der Waals surface area (Å²) in [6, 6.07) is -1.05. The number of rotatable bonds is 3. The van der Waals surface area contributed by atoms with Gasteiger partial charge in [-0.3, -0.25) is 0 Å². The molecule has 0 aromatic heterocycles. The number of carboxylic acids is 1. The third-order valence-electron chi connectivity index (χ3n) is 5.17. The van der Waals surface area contributed by atoms with E-state index in [1.807, 2.05) is 0 Å². The molecule has 6 nitrogen and oxygen atoms in total. The lowest BCUT2D eigenvalue weighted by Gasteiger charge is -2.54. The fourth-order valence-corrected chi connectivity index (χ4v) is 5.08. The monoisotopic (exact) mass is 341 g/mol. The lowest BCUT2D eigenvalue weighted by molar-refractivity contribution is -0.153. The summed E-state index contributed by atoms with van der Waals surface area (Å²) in [4.78, 5) is 24.1. The molecule has 138 valence electrons. The van der Waals surface area contributed by atoms with E-state index in [2.05, 4.69) is 12.2 Å². The van der Waals surface area contributed by atoms with Crippen molar-refractivity contribution in [3.63, 3.8) is 0 Å². The molecule has 0 aromatic rings. The molecule has 2 aliphatic carbocycles. The second-order valence-electron chi connectivity index (χ2n) is 9.27. The predicted octanol–water partition coefficient (Wildman–Crippen LogP) is 2.93. The highest BCUT2D eigenvalue weighted by Gasteiger charge is 2.55. The number of alkyl carbamates (subject to hydrolysis) is 1. The van der Waals surface area contributed by atoms with Crippen LogP contribution in [0, 0.1) is 17.3 Å². The molecule has 0 aromatic carbocycles. The number of nitrogens with one attached hydrogen (secondary N) is 1. The van der Waals surface area contributed by atoms with E-state index in [-0.39, 0.29) is 0 Å². The van der Waals surface area contributed by atoms with Crippen LogP contribution in [0.25, 0.3) is 0 Å². The SMILES string of the molecule is CC1CC2CC(C)(O)CC(C(NC(=O)OC(C)(C)C)C(=O)O)(C1)C2. The van der Waals surface area contributed by atoms with E-state index in [0.29, 0.717) is 31.1 Å². The molecular formula is C18H31NO5. The highest BCUT2D eigenvalue weighted by atomic mass is 16.6. The molecule has 2 aliphatic rings. The quantitative estimate of drug-likeness (QED) is 0.733. The van der Waals surface area contributed by atoms with Crippen LogP contribution in [0.1, 0.15) is 66.7 Å². The Hall–Kier alpha value is -1.30. The van der Waals surface area contributed by atoms with E-state index in [1.54, 1.807) is 27.7 Å². The Kier molecular flexibility index (Phi) is 4.92. The van der Waals surface area contributed by atoms with Gasteiger partial charge in [0.05, 0.1) is 5.60 Å². The van der Waals surface area contributed by atoms with Crippen LogP contribution in [0.15, 0.2) is 0 Å². The maximum atomic E-state index is 12.2. The largest absolute Gasteiger partial charge is 0.480 e. The van der Waals surface area contributed by atoms with Crippen molar-refractivity contribution in [2.75, 3.05) is 0 Å². The number of ether oxygens (including phenoxy) is 1. The van der Waals surface area contributed by atoms with Crippen molar-refractivity contribution in [2.24, 2.45) is 17.3 Å². The van der Waals surface area contributed by atoms with Crippen LogP contribution in [-0.4, -0.2) is 39.5 Å². The third kappa shape index (κ3) is 4.41. The lowest BCUT2D eigenvalue weighted by Crippen LogP contribution is -2.60. The van der Waals surface area contributed by atoms with Gasteiger partial charge in [0.1, 0.15) is 11.6 Å². The highest BCUT2D eigenvalue weighted by Crippen LogP contribution is 2.55. The number of hydrogen-bond acceptors (Lipinski definition) is 4. The van der Waals surface area contributed by atoms with Gasteiger partial charge in [-0.15, -0.1) is 0 Å². The van der Waals surface area contributed by atoms with Crippen molar-refractivity contribution in [1.29, 1.82) is 0 Å². The Morgan fingerprint density at radius 1 is 1.25 bits per heavy atom. The molecule has 2 bridgehead atoms. The third-order valence-corrected chi connectivity index (χ3v) is 5.17. The maximum Gasteiger partial charge on any atom is 0.408 e. The average molecular weight is 341 g/mol. The Labute approximate surface area is 144 Å². The molecule has 0 heterocycles. The van der Waals surface area contributed by atoms with Crippen molar-refractivity contribution in [3.8, 4) is 0 Å². The van der Waals surface area contributed by atoms with E-state index in [1.165, 1.54) is 0 Å². The number of carbonyl (C=O) groups is 2. The molecule has 0 aliphatic heterocycles. The van der Waals surface area contributed by atoms with Gasteiger partial charge in [-0.1, -0.05) is 6.92 Å². The normalized spacial score (nSPS) is 37.4. The zero-order valence-electron chi connectivity index (χ0n) is 15.4. The minimum absolute atomic E-state index is 0.291. The van der Waals surface area contributed by atoms with Crippen LogP contribution in [0.5, 0.6) is 0 Å². The molecule has 1 amide bonds. The van der Waals surface area contributed by atoms with Crippen LogP contribution < -0.4 is 5.32 Å². The van der Waals surface area contributed by atoms with Gasteiger partial charge in [0.15, 0.2) is 0 Å². The first-order valence-corrected chi connectivity index (χ1v) is 8.77. The van der Waals surface area contributed by atoms with Gasteiger partial charge < -0.3 is 20.3 Å². The topological polar surface area (TPSA) is 95.9 Å². The molecule has 0 radical (unpaired) electrons. The lowest BCUT2D eigenvalue weighted by atomic mass is 9.53. The number of carbonyl (C=O) groups excluding carboxylic acids is 1. The molecule has 2 saturated carbocycles. The minimum Gasteiger partial charge on any atom is -0.480 e. The van der Waals surface area contributed by atoms with Crippen LogP contribution in [0.4, 0.5) is 4.79 Å². The van der Waals surface area contributed by atoms with Gasteiger partial charge in [-0.2, -0.15) is 0 Å². The number of amides is 1. The van der Waals surface area contributed by atoms with E-state index in [9.17, 15) is 19.8 Å². The molecule has 2 fully saturated rings. The minimum atomic E-state index is -1.06. The van der Waals surface area contributed by atoms with Crippen LogP contribution >= 0.6 is 0 Å². The molecule has 0 saturated heterocycles. The number of hydrogen-bond donors (Lipinski definition) is 3. The van der Waals surface area contributed by atoms with Gasteiger partial charge in [-0.25, -0.2) is 9.59 Å². The fourth-order valence-electron chi connectivity index (χ4n) is 5.08. The molecule has 5 atom stereocenters. The molecule has 24 heavy (non-hydrogen) atoms. The van der Waals surface area contributed by atoms with Crippen molar-refractivity contribution >= 4 is 12.1 Å². The Bertz CT molecular complexity index is 506. The number of aliphatic carboxylic acids is 1. The van der Waals surface area contributed by atoms with Crippen LogP contribution in [-0.2, 0) is 9.53 Å². The molecule has 2 rings (SSSR count). The molecular weight excluding hydrogens is 310 g/mol. The average Bonchev–Trinajstić information content (AvgIpc) is 2.29. The van der Waals surface area contributed by atoms with E-state index in [4.69, 9.17) is 4.74 Å². The summed E-state index contributed by atoms with van der Waals surface area (Å²) in [5, 5.41) is 23.0. The second kappa shape index (κ2) is 6.21. The van der Waals surface area contributed by atoms with Gasteiger partial charge in [-0.05, 0) is 71.6 Å². The molecule has 3 N–H and O–H groups in total. The summed E-state index contributed by atoms with van der Waals surface area (Å²) >= 11 is 0. The first-order valence-electron chi connectivity index (χ1n) is 8.77. The Morgan fingerprint density at radius 2 is 1.88 bits per heavy atom. The summed E-state index contributed by atoms with van der Waals surface area (Å²) in [5.41, 5.74) is -2.22. The fraction of sp³-hybridized carbons (Fsp3) is 0.889. The molecule has 0 spiro atoms. The van der Waals surface area contributed by atoms with Crippen molar-refractivity contribution in [3.05, 3.63) is 0 Å². The second-order valence-corrected chi connectivity index (χ2v) is 9.27. The standard InChI is InChI=1S/C18H31NO5/c1-11-6-12-8-17(5,23)10-18(7-11,9-12)13(14(20)21)19-15(22)24-16(2,3)4/h11-13,23H,6-10H2,1-5H3,(H,19,22)(H,20,21). The summed E-state index contributed by atoms with van der Waals surface area (Å²) < 4.78 is 5.25. The zero-order chi connectivity index (χ0) is 18.3. The molecule has 5 unspecified atom stereocenters. The number of carboxylic acid groups (broad SMARTS) is 1. The maximum absolute atomic E-state index is 12.2. The summed E-state index contributed by atoms with van der Waals surface area (Å²) in [7, 11) is 0. The van der Waals surface area contributed by atoms with E-state index < -0.39 is 34.7 Å². The Morgan fingerprint density at radius 3 is 2.42 bits per heavy atom. The van der Waals surface area contributed by atoms with Crippen molar-refractivity contribution in [1.82, 2.24) is 5.32 Å². The van der Waals surface area contributed by atoms with Crippen molar-refractivity contribution in [2.45, 2.75) is 84.0 Å². The number of fused-ring (bicyclic) bond motifs is 2. The van der Waals surface area contributed by atoms with Gasteiger partial charge in [0.25, 0.3) is 0 Å². The smallest absolute Gasteiger partial charge is 0.408 e. The number of aliphatic hydroxyl groups is 1. The summed E-state index contributed by atoms with van der Waals surface area (Å²) in [6.45, 7) is 9.11. The summed E-state index contributed by atoms with van der Waals surface area (Å²) in [6.07, 6.45) is 2.76. The van der Waals surface area contributed by atoms with Crippen LogP contribution in [0.2, 0.25) is 0 Å². The summed E-state index contributed by atoms with van der Waals surface area (Å²) in [5.74, 6) is -0.395. The first-order chi connectivity index (χ1) is 10.8. The predicted molar refractivity (Wildman–Crippen MR) is 89.6 cm³/mol. The Balaban J connectivity index is 2.27. The van der Waals surface area contributed by atoms with Crippen LogP contribution in [0.3, 0.4) is 0 Å². The van der Waals surface area contributed by atoms with Gasteiger partial charge >= 0.3 is 12.1 Å². The van der Waals surface area contributed by atoms with E-state index in [0.717, 1.165) is 12.8 Å². The van der Waals surface area contributed by atoms with Crippen molar-refractivity contribution < 1.29 is 24.5 Å². The van der Waals surface area contributed by atoms with Gasteiger partial charge in [0, 0.05) is 5.41 Å². The molecule has 6 heteroatoms. The van der Waals surface area contributed by atoms with Gasteiger partial charge in [0.2, 0.25) is 0 Å². The first kappa shape index (κ1) is 19.0.